The number of oxazole rings is 1. The van der Waals surface area contributed by atoms with Crippen LogP contribution < -0.4 is 0 Å². The summed E-state index contributed by atoms with van der Waals surface area (Å²) in [6.45, 7) is 0.236. The molecule has 1 aromatic heterocycles. The van der Waals surface area contributed by atoms with Crippen molar-refractivity contribution >= 4 is 0 Å². The first kappa shape index (κ1) is 8.58. The number of aromatic nitrogens is 1. The van der Waals surface area contributed by atoms with Crippen LogP contribution in [0.25, 0.3) is 10.4 Å². The van der Waals surface area contributed by atoms with E-state index in [0.29, 0.717) is 6.42 Å². The molecule has 1 rings (SSSR count). The SMILES string of the molecule is [N-]=[N+]=NCCC(O)c1ncco1. The summed E-state index contributed by atoms with van der Waals surface area (Å²) in [6.07, 6.45) is 2.37. The third kappa shape index (κ3) is 2.26. The van der Waals surface area contributed by atoms with Crippen LogP contribution in [0.5, 0.6) is 0 Å². The lowest BCUT2D eigenvalue weighted by atomic mass is 10.2. The Morgan fingerprint density at radius 3 is 3.25 bits per heavy atom. The lowest BCUT2D eigenvalue weighted by molar-refractivity contribution is 0.136. The van der Waals surface area contributed by atoms with Gasteiger partial charge in [-0.05, 0) is 12.0 Å². The van der Waals surface area contributed by atoms with Gasteiger partial charge in [0, 0.05) is 11.5 Å². The number of hydrogen-bond donors (Lipinski definition) is 1. The minimum atomic E-state index is -0.787. The summed E-state index contributed by atoms with van der Waals surface area (Å²) in [6, 6.07) is 0. The summed E-state index contributed by atoms with van der Waals surface area (Å²) in [7, 11) is 0. The molecule has 1 aromatic rings. The van der Waals surface area contributed by atoms with Crippen LogP contribution >= 0.6 is 0 Å². The molecule has 0 bridgehead atoms. The van der Waals surface area contributed by atoms with E-state index in [2.05, 4.69) is 15.0 Å². The van der Waals surface area contributed by atoms with Gasteiger partial charge in [-0.2, -0.15) is 0 Å². The van der Waals surface area contributed by atoms with E-state index in [1.54, 1.807) is 0 Å². The zero-order chi connectivity index (χ0) is 8.81. The van der Waals surface area contributed by atoms with E-state index < -0.39 is 6.10 Å². The van der Waals surface area contributed by atoms with Crippen LogP contribution in [0.15, 0.2) is 22.0 Å². The molecule has 12 heavy (non-hydrogen) atoms. The van der Waals surface area contributed by atoms with E-state index in [9.17, 15) is 5.11 Å². The van der Waals surface area contributed by atoms with Crippen molar-refractivity contribution in [2.45, 2.75) is 12.5 Å². The highest BCUT2D eigenvalue weighted by Crippen LogP contribution is 2.13. The molecule has 1 heterocycles. The van der Waals surface area contributed by atoms with Gasteiger partial charge in [0.05, 0.1) is 6.20 Å². The number of hydrogen-bond acceptors (Lipinski definition) is 4. The second-order valence-electron chi connectivity index (χ2n) is 2.13. The highest BCUT2D eigenvalue weighted by Gasteiger charge is 2.10. The molecule has 0 radical (unpaired) electrons. The van der Waals surface area contributed by atoms with E-state index in [0.717, 1.165) is 0 Å². The van der Waals surface area contributed by atoms with Crippen molar-refractivity contribution in [3.8, 4) is 0 Å². The van der Waals surface area contributed by atoms with Crippen molar-refractivity contribution in [2.24, 2.45) is 5.11 Å². The summed E-state index contributed by atoms with van der Waals surface area (Å²) >= 11 is 0. The number of aliphatic hydroxyl groups is 1. The molecule has 0 fully saturated rings. The molecule has 6 heteroatoms. The Labute approximate surface area is 68.5 Å². The molecule has 0 aliphatic heterocycles. The van der Waals surface area contributed by atoms with E-state index in [-0.39, 0.29) is 12.4 Å². The maximum Gasteiger partial charge on any atom is 0.222 e. The van der Waals surface area contributed by atoms with Gasteiger partial charge < -0.3 is 9.52 Å². The van der Waals surface area contributed by atoms with Gasteiger partial charge in [-0.3, -0.25) is 0 Å². The lowest BCUT2D eigenvalue weighted by Gasteiger charge is -2.01. The van der Waals surface area contributed by atoms with Crippen molar-refractivity contribution in [3.63, 3.8) is 0 Å². The molecule has 0 spiro atoms. The van der Waals surface area contributed by atoms with Crippen LogP contribution in [0.1, 0.15) is 18.4 Å². The smallest absolute Gasteiger partial charge is 0.222 e. The molecular weight excluding hydrogens is 160 g/mol. The zero-order valence-corrected chi connectivity index (χ0v) is 6.29. The van der Waals surface area contributed by atoms with Crippen LogP contribution in [0.3, 0.4) is 0 Å². The van der Waals surface area contributed by atoms with E-state index >= 15 is 0 Å². The Kier molecular flexibility index (Phi) is 3.13. The van der Waals surface area contributed by atoms with Crippen molar-refractivity contribution in [1.82, 2.24) is 4.98 Å². The molecule has 0 saturated carbocycles. The molecule has 0 aliphatic rings. The van der Waals surface area contributed by atoms with Gasteiger partial charge in [-0.25, -0.2) is 4.98 Å². The van der Waals surface area contributed by atoms with E-state index in [1.165, 1.54) is 12.5 Å². The first-order valence-electron chi connectivity index (χ1n) is 3.43. The standard InChI is InChI=1S/C6H8N4O2/c7-10-9-2-1-5(11)6-8-3-4-12-6/h3-5,11H,1-2H2. The molecule has 0 aromatic carbocycles. The van der Waals surface area contributed by atoms with Crippen molar-refractivity contribution in [1.29, 1.82) is 0 Å². The molecule has 64 valence electrons. The topological polar surface area (TPSA) is 95.0 Å². The minimum Gasteiger partial charge on any atom is -0.446 e. The molecule has 0 saturated heterocycles. The van der Waals surface area contributed by atoms with Crippen LogP contribution in [0.4, 0.5) is 0 Å². The lowest BCUT2D eigenvalue weighted by Crippen LogP contribution is -1.98. The van der Waals surface area contributed by atoms with Gasteiger partial charge in [0.1, 0.15) is 12.4 Å². The number of aliphatic hydroxyl groups excluding tert-OH is 1. The fraction of sp³-hybridized carbons (Fsp3) is 0.500. The number of nitrogens with zero attached hydrogens (tertiary/aromatic N) is 4. The maximum atomic E-state index is 9.30. The normalized spacial score (nSPS) is 12.1. The Balaban J connectivity index is 2.39. The highest BCUT2D eigenvalue weighted by molar-refractivity contribution is 4.85. The fourth-order valence-corrected chi connectivity index (χ4v) is 0.747. The summed E-state index contributed by atoms with van der Waals surface area (Å²) < 4.78 is 4.83. The first-order chi connectivity index (χ1) is 5.84. The average molecular weight is 168 g/mol. The number of azide groups is 1. The van der Waals surface area contributed by atoms with Gasteiger partial charge in [-0.1, -0.05) is 5.11 Å². The van der Waals surface area contributed by atoms with E-state index in [1.807, 2.05) is 0 Å². The van der Waals surface area contributed by atoms with Crippen molar-refractivity contribution in [3.05, 3.63) is 28.8 Å². The third-order valence-electron chi connectivity index (χ3n) is 1.30. The number of rotatable bonds is 4. The summed E-state index contributed by atoms with van der Waals surface area (Å²) in [5.41, 5.74) is 7.95. The molecule has 1 unspecified atom stereocenters. The van der Waals surface area contributed by atoms with E-state index in [4.69, 9.17) is 9.95 Å². The van der Waals surface area contributed by atoms with Crippen LogP contribution in [-0.2, 0) is 0 Å². The Bertz CT molecular complexity index is 265. The summed E-state index contributed by atoms with van der Waals surface area (Å²) in [4.78, 5) is 6.30. The van der Waals surface area contributed by atoms with Crippen LogP contribution in [0, 0.1) is 0 Å². The molecule has 6 nitrogen and oxygen atoms in total. The van der Waals surface area contributed by atoms with Gasteiger partial charge in [0.25, 0.3) is 0 Å². The van der Waals surface area contributed by atoms with Crippen LogP contribution in [-0.4, -0.2) is 16.6 Å². The zero-order valence-electron chi connectivity index (χ0n) is 6.29. The molecule has 1 atom stereocenters. The van der Waals surface area contributed by atoms with Gasteiger partial charge in [-0.15, -0.1) is 0 Å². The largest absolute Gasteiger partial charge is 0.446 e. The van der Waals surface area contributed by atoms with Crippen molar-refractivity contribution < 1.29 is 9.52 Å². The monoisotopic (exact) mass is 168 g/mol. The van der Waals surface area contributed by atoms with Crippen LogP contribution in [0.2, 0.25) is 0 Å². The second kappa shape index (κ2) is 4.38. The highest BCUT2D eigenvalue weighted by atomic mass is 16.4. The van der Waals surface area contributed by atoms with Crippen molar-refractivity contribution in [2.75, 3.05) is 6.54 Å². The predicted molar refractivity (Wildman–Crippen MR) is 40.1 cm³/mol. The molecular formula is C6H8N4O2. The molecule has 1 N–H and O–H groups in total. The quantitative estimate of drug-likeness (QED) is 0.418. The first-order valence-corrected chi connectivity index (χ1v) is 3.43. The van der Waals surface area contributed by atoms with Gasteiger partial charge >= 0.3 is 0 Å². The fourth-order valence-electron chi connectivity index (χ4n) is 0.747. The molecule has 0 aliphatic carbocycles. The predicted octanol–water partition coefficient (Wildman–Crippen LogP) is 1.41. The Hall–Kier alpha value is -1.52. The minimum absolute atomic E-state index is 0.236. The second-order valence-corrected chi connectivity index (χ2v) is 2.13. The average Bonchev–Trinajstić information content (AvgIpc) is 2.56. The Morgan fingerprint density at radius 2 is 2.67 bits per heavy atom. The van der Waals surface area contributed by atoms with Gasteiger partial charge in [0.2, 0.25) is 5.89 Å². The summed E-state index contributed by atoms with van der Waals surface area (Å²) in [5, 5.41) is 12.6. The molecule has 0 amide bonds. The summed E-state index contributed by atoms with van der Waals surface area (Å²) in [5.74, 6) is 0.253. The van der Waals surface area contributed by atoms with Gasteiger partial charge in [0.15, 0.2) is 0 Å². The third-order valence-corrected chi connectivity index (χ3v) is 1.30. The maximum absolute atomic E-state index is 9.30. The Morgan fingerprint density at radius 1 is 1.83 bits per heavy atom.